The summed E-state index contributed by atoms with van der Waals surface area (Å²) in [4.78, 5) is 0. The molecule has 3 heteroatoms. The molecule has 0 aromatic heterocycles. The maximum Gasteiger partial charge on any atom is 0.0831 e. The van der Waals surface area contributed by atoms with Gasteiger partial charge in [-0.2, -0.15) is 0 Å². The highest BCUT2D eigenvalue weighted by atomic mass is 16.5. The predicted octanol–water partition coefficient (Wildman–Crippen LogP) is 2.74. The monoisotopic (exact) mass is 255 g/mol. The van der Waals surface area contributed by atoms with E-state index in [2.05, 4.69) is 12.2 Å². The zero-order valence-corrected chi connectivity index (χ0v) is 12.0. The van der Waals surface area contributed by atoms with Gasteiger partial charge in [0.25, 0.3) is 0 Å². The van der Waals surface area contributed by atoms with E-state index in [-0.39, 0.29) is 5.60 Å². The summed E-state index contributed by atoms with van der Waals surface area (Å²) < 4.78 is 11.3. The van der Waals surface area contributed by atoms with Gasteiger partial charge in [-0.15, -0.1) is 0 Å². The van der Waals surface area contributed by atoms with E-state index in [4.69, 9.17) is 9.47 Å². The molecule has 1 aliphatic carbocycles. The van der Waals surface area contributed by atoms with Crippen LogP contribution in [0.4, 0.5) is 0 Å². The van der Waals surface area contributed by atoms with Gasteiger partial charge >= 0.3 is 0 Å². The molecule has 0 aromatic carbocycles. The van der Waals surface area contributed by atoms with Crippen LogP contribution >= 0.6 is 0 Å². The van der Waals surface area contributed by atoms with Gasteiger partial charge < -0.3 is 14.8 Å². The van der Waals surface area contributed by atoms with E-state index >= 15 is 0 Å². The van der Waals surface area contributed by atoms with Gasteiger partial charge in [0, 0.05) is 26.4 Å². The van der Waals surface area contributed by atoms with Crippen molar-refractivity contribution >= 4 is 0 Å². The molecule has 2 fully saturated rings. The molecule has 1 atom stereocenters. The first-order valence-electron chi connectivity index (χ1n) is 7.67. The normalized spacial score (nSPS) is 25.7. The number of methoxy groups -OCH3 is 1. The minimum atomic E-state index is 0.132. The molecule has 0 amide bonds. The van der Waals surface area contributed by atoms with E-state index in [0.29, 0.717) is 6.04 Å². The van der Waals surface area contributed by atoms with Gasteiger partial charge in [-0.1, -0.05) is 6.92 Å². The van der Waals surface area contributed by atoms with Crippen molar-refractivity contribution in [1.29, 1.82) is 0 Å². The fourth-order valence-electron chi connectivity index (χ4n) is 3.34. The molecule has 2 rings (SSSR count). The van der Waals surface area contributed by atoms with Gasteiger partial charge in [-0.25, -0.2) is 0 Å². The second-order valence-corrected chi connectivity index (χ2v) is 5.92. The van der Waals surface area contributed by atoms with Crippen molar-refractivity contribution in [1.82, 2.24) is 5.32 Å². The minimum Gasteiger partial charge on any atom is -0.381 e. The lowest BCUT2D eigenvalue weighted by Crippen LogP contribution is -2.57. The third kappa shape index (κ3) is 3.25. The van der Waals surface area contributed by atoms with E-state index in [0.717, 1.165) is 25.7 Å². The van der Waals surface area contributed by atoms with Gasteiger partial charge in [0.05, 0.1) is 5.60 Å². The zero-order chi connectivity index (χ0) is 12.8. The van der Waals surface area contributed by atoms with Crippen LogP contribution in [0.1, 0.15) is 51.9 Å². The van der Waals surface area contributed by atoms with Crippen LogP contribution in [-0.2, 0) is 9.47 Å². The van der Waals surface area contributed by atoms with Crippen LogP contribution in [0.25, 0.3) is 0 Å². The minimum absolute atomic E-state index is 0.132. The van der Waals surface area contributed by atoms with Crippen molar-refractivity contribution in [3.05, 3.63) is 0 Å². The maximum absolute atomic E-state index is 5.88. The van der Waals surface area contributed by atoms with Gasteiger partial charge in [0.1, 0.15) is 0 Å². The maximum atomic E-state index is 5.88. The van der Waals surface area contributed by atoms with E-state index < -0.39 is 0 Å². The summed E-state index contributed by atoms with van der Waals surface area (Å²) in [6.07, 6.45) is 8.70. The highest BCUT2D eigenvalue weighted by Crippen LogP contribution is 2.41. The van der Waals surface area contributed by atoms with Crippen LogP contribution in [0.2, 0.25) is 0 Å². The highest BCUT2D eigenvalue weighted by molar-refractivity contribution is 5.00. The third-order valence-electron chi connectivity index (χ3n) is 4.79. The lowest BCUT2D eigenvalue weighted by Gasteiger charge is -2.48. The molecule has 0 bridgehead atoms. The summed E-state index contributed by atoms with van der Waals surface area (Å²) in [6.45, 7) is 5.24. The molecule has 1 N–H and O–H groups in total. The molecule has 1 aliphatic heterocycles. The van der Waals surface area contributed by atoms with Crippen LogP contribution < -0.4 is 5.32 Å². The van der Waals surface area contributed by atoms with Gasteiger partial charge in [0.15, 0.2) is 0 Å². The Morgan fingerprint density at radius 3 is 2.56 bits per heavy atom. The van der Waals surface area contributed by atoms with Gasteiger partial charge in [-0.05, 0) is 57.4 Å². The Labute approximate surface area is 112 Å². The standard InChI is InChI=1S/C15H29NO2/c1-3-9-16-14(15(17-2)7-4-8-15)12-13-5-10-18-11-6-13/h13-14,16H,3-12H2,1-2H3. The first-order valence-corrected chi connectivity index (χ1v) is 7.67. The second kappa shape index (κ2) is 6.88. The fraction of sp³-hybridized carbons (Fsp3) is 1.00. The average molecular weight is 255 g/mol. The van der Waals surface area contributed by atoms with E-state index in [1.54, 1.807) is 0 Å². The lowest BCUT2D eigenvalue weighted by molar-refractivity contribution is -0.105. The molecule has 0 radical (unpaired) electrons. The molecule has 0 spiro atoms. The summed E-state index contributed by atoms with van der Waals surface area (Å²) in [5.74, 6) is 0.820. The number of hydrogen-bond donors (Lipinski definition) is 1. The summed E-state index contributed by atoms with van der Waals surface area (Å²) in [6, 6.07) is 0.541. The Balaban J connectivity index is 1.90. The average Bonchev–Trinajstić information content (AvgIpc) is 2.36. The smallest absolute Gasteiger partial charge is 0.0831 e. The molecule has 1 unspecified atom stereocenters. The van der Waals surface area contributed by atoms with Crippen molar-refractivity contribution in [3.63, 3.8) is 0 Å². The molecule has 106 valence electrons. The van der Waals surface area contributed by atoms with E-state index in [1.807, 2.05) is 7.11 Å². The summed E-state index contributed by atoms with van der Waals surface area (Å²) in [5.41, 5.74) is 0.132. The van der Waals surface area contributed by atoms with Crippen molar-refractivity contribution in [2.24, 2.45) is 5.92 Å². The first-order chi connectivity index (χ1) is 8.80. The number of rotatable bonds is 7. The van der Waals surface area contributed by atoms with E-state index in [1.165, 1.54) is 44.9 Å². The van der Waals surface area contributed by atoms with Crippen LogP contribution in [0, 0.1) is 5.92 Å². The quantitative estimate of drug-likeness (QED) is 0.759. The molecular weight excluding hydrogens is 226 g/mol. The molecule has 1 saturated heterocycles. The van der Waals surface area contributed by atoms with Crippen molar-refractivity contribution in [2.45, 2.75) is 63.5 Å². The molecule has 1 heterocycles. The Morgan fingerprint density at radius 1 is 1.33 bits per heavy atom. The Hall–Kier alpha value is -0.120. The molecule has 18 heavy (non-hydrogen) atoms. The topological polar surface area (TPSA) is 30.5 Å². The van der Waals surface area contributed by atoms with Crippen LogP contribution in [0.5, 0.6) is 0 Å². The number of hydrogen-bond acceptors (Lipinski definition) is 3. The number of nitrogens with one attached hydrogen (secondary N) is 1. The van der Waals surface area contributed by atoms with Crippen LogP contribution in [-0.4, -0.2) is 38.5 Å². The predicted molar refractivity (Wildman–Crippen MR) is 73.8 cm³/mol. The van der Waals surface area contributed by atoms with Crippen molar-refractivity contribution in [3.8, 4) is 0 Å². The third-order valence-corrected chi connectivity index (χ3v) is 4.79. The summed E-state index contributed by atoms with van der Waals surface area (Å²) in [7, 11) is 1.89. The largest absolute Gasteiger partial charge is 0.381 e. The second-order valence-electron chi connectivity index (χ2n) is 5.92. The van der Waals surface area contributed by atoms with E-state index in [9.17, 15) is 0 Å². The SMILES string of the molecule is CCCNC(CC1CCOCC1)C1(OC)CCC1. The van der Waals surface area contributed by atoms with Crippen LogP contribution in [0.3, 0.4) is 0 Å². The summed E-state index contributed by atoms with van der Waals surface area (Å²) >= 11 is 0. The Kier molecular flexibility index (Phi) is 5.46. The lowest BCUT2D eigenvalue weighted by atomic mass is 9.71. The Bertz CT molecular complexity index is 229. The molecular formula is C15H29NO2. The van der Waals surface area contributed by atoms with Crippen LogP contribution in [0.15, 0.2) is 0 Å². The molecule has 2 aliphatic rings. The van der Waals surface area contributed by atoms with Crippen molar-refractivity contribution in [2.75, 3.05) is 26.9 Å². The zero-order valence-electron chi connectivity index (χ0n) is 12.0. The highest BCUT2D eigenvalue weighted by Gasteiger charge is 2.44. The molecule has 3 nitrogen and oxygen atoms in total. The summed E-state index contributed by atoms with van der Waals surface area (Å²) in [5, 5.41) is 3.74. The Morgan fingerprint density at radius 2 is 2.06 bits per heavy atom. The fourth-order valence-corrected chi connectivity index (χ4v) is 3.34. The number of ether oxygens (including phenoxy) is 2. The molecule has 1 saturated carbocycles. The van der Waals surface area contributed by atoms with Gasteiger partial charge in [0.2, 0.25) is 0 Å². The first kappa shape index (κ1) is 14.3. The van der Waals surface area contributed by atoms with Gasteiger partial charge in [-0.3, -0.25) is 0 Å². The van der Waals surface area contributed by atoms with Crippen molar-refractivity contribution < 1.29 is 9.47 Å². The molecule has 0 aromatic rings.